The van der Waals surface area contributed by atoms with Gasteiger partial charge in [-0.1, -0.05) is 48.9 Å². The Balaban J connectivity index is 1.35. The van der Waals surface area contributed by atoms with Crippen molar-refractivity contribution in [1.82, 2.24) is 5.32 Å². The summed E-state index contributed by atoms with van der Waals surface area (Å²) in [6, 6.07) is 17.7. The maximum Gasteiger partial charge on any atom is 0.426 e. The summed E-state index contributed by atoms with van der Waals surface area (Å²) in [6.45, 7) is 0.679. The highest BCUT2D eigenvalue weighted by Crippen LogP contribution is 2.43. The third kappa shape index (κ3) is 6.18. The van der Waals surface area contributed by atoms with Crippen molar-refractivity contribution in [3.63, 3.8) is 0 Å². The van der Waals surface area contributed by atoms with Gasteiger partial charge in [-0.3, -0.25) is 4.79 Å². The summed E-state index contributed by atoms with van der Waals surface area (Å²) >= 11 is 0.708. The first kappa shape index (κ1) is 24.3. The highest BCUT2D eigenvalue weighted by Gasteiger charge is 2.36. The van der Waals surface area contributed by atoms with E-state index in [1.807, 2.05) is 12.1 Å². The quantitative estimate of drug-likeness (QED) is 0.349. The van der Waals surface area contributed by atoms with Crippen LogP contribution >= 0.6 is 11.3 Å². The van der Waals surface area contributed by atoms with Crippen LogP contribution in [0.5, 0.6) is 5.75 Å². The molecule has 2 unspecified atom stereocenters. The van der Waals surface area contributed by atoms with Gasteiger partial charge < -0.3 is 15.2 Å². The molecule has 0 radical (unpaired) electrons. The van der Waals surface area contributed by atoms with Crippen molar-refractivity contribution in [2.24, 2.45) is 5.92 Å². The first-order chi connectivity index (χ1) is 16.3. The number of thiophene rings is 1. The van der Waals surface area contributed by atoms with Crippen LogP contribution in [-0.2, 0) is 24.1 Å². The number of benzene rings is 2. The summed E-state index contributed by atoms with van der Waals surface area (Å²) in [5.41, 5.74) is 1.74. The van der Waals surface area contributed by atoms with Gasteiger partial charge in [0.05, 0.1) is 0 Å². The fraction of sp³-hybridized carbons (Fsp3) is 0.346. The van der Waals surface area contributed by atoms with E-state index < -0.39 is 17.0 Å². The zero-order valence-electron chi connectivity index (χ0n) is 18.5. The third-order valence-electron chi connectivity index (χ3n) is 6.09. The predicted octanol–water partition coefficient (Wildman–Crippen LogP) is 6.75. The number of carboxylic acids is 1. The summed E-state index contributed by atoms with van der Waals surface area (Å²) in [5, 5.41) is 12.5. The number of hydrogen-bond donors (Lipinski definition) is 2. The van der Waals surface area contributed by atoms with E-state index in [0.29, 0.717) is 34.1 Å². The zero-order valence-corrected chi connectivity index (χ0v) is 19.3. The fourth-order valence-corrected chi connectivity index (χ4v) is 5.40. The molecule has 1 heterocycles. The molecule has 1 aliphatic rings. The molecule has 1 fully saturated rings. The van der Waals surface area contributed by atoms with Crippen LogP contribution in [0.2, 0.25) is 0 Å². The second-order valence-electron chi connectivity index (χ2n) is 8.53. The Morgan fingerprint density at radius 1 is 1.09 bits per heavy atom. The van der Waals surface area contributed by atoms with Gasteiger partial charge in [0.15, 0.2) is 0 Å². The van der Waals surface area contributed by atoms with Crippen LogP contribution in [0.3, 0.4) is 0 Å². The van der Waals surface area contributed by atoms with Crippen LogP contribution < -0.4 is 10.1 Å². The Morgan fingerprint density at radius 3 is 2.50 bits per heavy atom. The van der Waals surface area contributed by atoms with E-state index >= 15 is 0 Å². The van der Waals surface area contributed by atoms with Gasteiger partial charge in [-0.05, 0) is 48.1 Å². The molecule has 2 aromatic carbocycles. The number of hydrogen-bond acceptors (Lipinski definition) is 4. The van der Waals surface area contributed by atoms with Crippen LogP contribution in [0.25, 0.3) is 11.1 Å². The number of halogens is 3. The maximum absolute atomic E-state index is 13.6. The van der Waals surface area contributed by atoms with E-state index in [9.17, 15) is 18.0 Å². The normalized spacial score (nSPS) is 18.2. The minimum Gasteiger partial charge on any atom is -0.488 e. The van der Waals surface area contributed by atoms with Crippen molar-refractivity contribution < 1.29 is 27.8 Å². The van der Waals surface area contributed by atoms with Crippen molar-refractivity contribution in [2.45, 2.75) is 51.1 Å². The molecule has 4 nitrogen and oxygen atoms in total. The summed E-state index contributed by atoms with van der Waals surface area (Å²) < 4.78 is 46.4. The fourth-order valence-electron chi connectivity index (χ4n) is 4.44. The lowest BCUT2D eigenvalue weighted by Gasteiger charge is -2.19. The SMILES string of the molecule is O=C(O)CC1CCCC1NCc1ccc(OCc2cc(-c3ccccc3)c(C(F)(F)F)s2)cc1. The molecule has 8 heteroatoms. The Bertz CT molecular complexity index is 1100. The number of ether oxygens (including phenoxy) is 1. The van der Waals surface area contributed by atoms with Crippen LogP contribution in [0.1, 0.15) is 41.0 Å². The van der Waals surface area contributed by atoms with Crippen molar-refractivity contribution in [2.75, 3.05) is 0 Å². The van der Waals surface area contributed by atoms with Gasteiger partial charge in [-0.15, -0.1) is 11.3 Å². The molecule has 3 aromatic rings. The highest BCUT2D eigenvalue weighted by atomic mass is 32.1. The van der Waals surface area contributed by atoms with Crippen molar-refractivity contribution in [1.29, 1.82) is 0 Å². The summed E-state index contributed by atoms with van der Waals surface area (Å²) in [7, 11) is 0. The highest BCUT2D eigenvalue weighted by molar-refractivity contribution is 7.12. The topological polar surface area (TPSA) is 58.6 Å². The molecule has 180 valence electrons. The number of aliphatic carboxylic acids is 1. The Kier molecular flexibility index (Phi) is 7.58. The molecule has 0 bridgehead atoms. The molecule has 34 heavy (non-hydrogen) atoms. The van der Waals surface area contributed by atoms with E-state index in [1.165, 1.54) is 0 Å². The molecule has 2 atom stereocenters. The second kappa shape index (κ2) is 10.6. The molecule has 1 saturated carbocycles. The Morgan fingerprint density at radius 2 is 1.82 bits per heavy atom. The Hall–Kier alpha value is -2.84. The van der Waals surface area contributed by atoms with Gasteiger partial charge in [0.25, 0.3) is 0 Å². The summed E-state index contributed by atoms with van der Waals surface area (Å²) in [4.78, 5) is 10.9. The standard InChI is InChI=1S/C26H26F3NO3S/c27-26(28,29)25-22(18-5-2-1-3-6-18)14-21(34-25)16-33-20-11-9-17(10-12-20)15-30-23-8-4-7-19(23)13-24(31)32/h1-3,5-6,9-12,14,19,23,30H,4,7-8,13,15-16H2,(H,31,32). The van der Waals surface area contributed by atoms with Crippen molar-refractivity contribution in [3.05, 3.63) is 76.0 Å². The first-order valence-electron chi connectivity index (χ1n) is 11.2. The van der Waals surface area contributed by atoms with Crippen molar-refractivity contribution in [3.8, 4) is 16.9 Å². The molecule has 0 amide bonds. The molecule has 2 N–H and O–H groups in total. The smallest absolute Gasteiger partial charge is 0.426 e. The van der Waals surface area contributed by atoms with Crippen LogP contribution in [0, 0.1) is 5.92 Å². The van der Waals surface area contributed by atoms with Gasteiger partial charge in [0.2, 0.25) is 0 Å². The number of alkyl halides is 3. The first-order valence-corrected chi connectivity index (χ1v) is 12.0. The molecule has 0 saturated heterocycles. The monoisotopic (exact) mass is 489 g/mol. The number of carbonyl (C=O) groups is 1. The number of rotatable bonds is 9. The summed E-state index contributed by atoms with van der Waals surface area (Å²) in [6.07, 6.45) is -1.29. The lowest BCUT2D eigenvalue weighted by molar-refractivity contribution is -0.138. The van der Waals surface area contributed by atoms with Gasteiger partial charge >= 0.3 is 12.1 Å². The van der Waals surface area contributed by atoms with Crippen LogP contribution in [0.4, 0.5) is 13.2 Å². The second-order valence-corrected chi connectivity index (χ2v) is 9.66. The average molecular weight is 490 g/mol. The van der Waals surface area contributed by atoms with E-state index in [1.54, 1.807) is 48.5 Å². The zero-order chi connectivity index (χ0) is 24.1. The number of carboxylic acid groups (broad SMARTS) is 1. The van der Waals surface area contributed by atoms with E-state index in [0.717, 1.165) is 24.8 Å². The molecule has 0 aliphatic heterocycles. The third-order valence-corrected chi connectivity index (χ3v) is 7.25. The molecular formula is C26H26F3NO3S. The predicted molar refractivity (Wildman–Crippen MR) is 126 cm³/mol. The minimum atomic E-state index is -4.43. The molecular weight excluding hydrogens is 463 g/mol. The van der Waals surface area contributed by atoms with Crippen LogP contribution in [0.15, 0.2) is 60.7 Å². The van der Waals surface area contributed by atoms with Crippen LogP contribution in [-0.4, -0.2) is 17.1 Å². The van der Waals surface area contributed by atoms with Crippen molar-refractivity contribution >= 4 is 17.3 Å². The molecule has 0 spiro atoms. The van der Waals surface area contributed by atoms with Gasteiger partial charge in [0, 0.05) is 29.4 Å². The Labute approximate surface area is 200 Å². The van der Waals surface area contributed by atoms with E-state index in [-0.39, 0.29) is 30.6 Å². The number of nitrogens with one attached hydrogen (secondary N) is 1. The minimum absolute atomic E-state index is 0.0527. The summed E-state index contributed by atoms with van der Waals surface area (Å²) in [5.74, 6) is -0.0194. The molecule has 1 aromatic heterocycles. The maximum atomic E-state index is 13.6. The molecule has 4 rings (SSSR count). The lowest BCUT2D eigenvalue weighted by Crippen LogP contribution is -2.33. The lowest BCUT2D eigenvalue weighted by atomic mass is 9.99. The van der Waals surface area contributed by atoms with E-state index in [4.69, 9.17) is 9.84 Å². The van der Waals surface area contributed by atoms with Gasteiger partial charge in [-0.2, -0.15) is 13.2 Å². The van der Waals surface area contributed by atoms with Gasteiger partial charge in [-0.25, -0.2) is 0 Å². The average Bonchev–Trinajstić information content (AvgIpc) is 3.44. The van der Waals surface area contributed by atoms with Gasteiger partial charge in [0.1, 0.15) is 17.2 Å². The van der Waals surface area contributed by atoms with E-state index in [2.05, 4.69) is 5.32 Å². The largest absolute Gasteiger partial charge is 0.488 e. The molecule has 1 aliphatic carbocycles.